The molecule has 2 rings (SSSR count). The third-order valence-electron chi connectivity index (χ3n) is 3.24. The van der Waals surface area contributed by atoms with Crippen molar-refractivity contribution in [1.82, 2.24) is 14.8 Å². The number of carbonyl (C=O) groups is 1. The molecule has 1 aliphatic carbocycles. The van der Waals surface area contributed by atoms with Crippen LogP contribution in [0, 0.1) is 5.92 Å². The number of hydrogen-bond acceptors (Lipinski definition) is 3. The summed E-state index contributed by atoms with van der Waals surface area (Å²) in [5, 5.41) is 4.19. The predicted octanol–water partition coefficient (Wildman–Crippen LogP) is 1.99. The standard InChI is InChI=1S/C12H19N3O/c1-2-7-15-12(13-9-14-15)8-10-5-3-4-6-11(10)16/h9-10H,2-8H2,1H3. The van der Waals surface area contributed by atoms with Gasteiger partial charge in [-0.3, -0.25) is 9.48 Å². The molecule has 4 nitrogen and oxygen atoms in total. The highest BCUT2D eigenvalue weighted by molar-refractivity contribution is 5.81. The molecule has 0 amide bonds. The normalized spacial score (nSPS) is 21.3. The van der Waals surface area contributed by atoms with E-state index in [9.17, 15) is 4.79 Å². The highest BCUT2D eigenvalue weighted by Crippen LogP contribution is 2.23. The van der Waals surface area contributed by atoms with Gasteiger partial charge in [0.25, 0.3) is 0 Å². The van der Waals surface area contributed by atoms with Crippen LogP contribution in [0.2, 0.25) is 0 Å². The Labute approximate surface area is 96.1 Å². The molecule has 1 heterocycles. The Hall–Kier alpha value is -1.19. The molecule has 1 saturated carbocycles. The number of ketones is 1. The Morgan fingerprint density at radius 2 is 2.38 bits per heavy atom. The summed E-state index contributed by atoms with van der Waals surface area (Å²) in [6.07, 6.45) is 7.45. The Balaban J connectivity index is 2.01. The molecule has 16 heavy (non-hydrogen) atoms. The molecular weight excluding hydrogens is 202 g/mol. The second kappa shape index (κ2) is 5.23. The fourth-order valence-corrected chi connectivity index (χ4v) is 2.34. The lowest BCUT2D eigenvalue weighted by Gasteiger charge is -2.19. The van der Waals surface area contributed by atoms with Crippen LogP contribution in [0.4, 0.5) is 0 Å². The van der Waals surface area contributed by atoms with Gasteiger partial charge in [-0.05, 0) is 19.3 Å². The maximum atomic E-state index is 11.7. The average molecular weight is 221 g/mol. The van der Waals surface area contributed by atoms with Gasteiger partial charge in [-0.1, -0.05) is 13.3 Å². The quantitative estimate of drug-likeness (QED) is 0.781. The maximum absolute atomic E-state index is 11.7. The van der Waals surface area contributed by atoms with E-state index in [0.717, 1.165) is 44.5 Å². The molecule has 1 aromatic heterocycles. The summed E-state index contributed by atoms with van der Waals surface area (Å²) in [4.78, 5) is 16.0. The molecular formula is C12H19N3O. The van der Waals surface area contributed by atoms with Gasteiger partial charge >= 0.3 is 0 Å². The molecule has 0 saturated heterocycles. The van der Waals surface area contributed by atoms with Gasteiger partial charge in [0.15, 0.2) is 0 Å². The van der Waals surface area contributed by atoms with Crippen molar-refractivity contribution < 1.29 is 4.79 Å². The van der Waals surface area contributed by atoms with Crippen molar-refractivity contribution in [3.05, 3.63) is 12.2 Å². The van der Waals surface area contributed by atoms with E-state index in [1.54, 1.807) is 6.33 Å². The summed E-state index contributed by atoms with van der Waals surface area (Å²) in [5.41, 5.74) is 0. The van der Waals surface area contributed by atoms with Crippen molar-refractivity contribution in [2.75, 3.05) is 0 Å². The summed E-state index contributed by atoms with van der Waals surface area (Å²) in [6, 6.07) is 0. The molecule has 4 heteroatoms. The van der Waals surface area contributed by atoms with Crippen LogP contribution in [0.1, 0.15) is 44.9 Å². The first-order valence-electron chi connectivity index (χ1n) is 6.20. The highest BCUT2D eigenvalue weighted by atomic mass is 16.1. The fourth-order valence-electron chi connectivity index (χ4n) is 2.34. The van der Waals surface area contributed by atoms with Crippen molar-refractivity contribution in [3.8, 4) is 0 Å². The number of carbonyl (C=O) groups excluding carboxylic acids is 1. The molecule has 88 valence electrons. The van der Waals surface area contributed by atoms with Crippen LogP contribution in [0.15, 0.2) is 6.33 Å². The van der Waals surface area contributed by atoms with Gasteiger partial charge in [-0.15, -0.1) is 0 Å². The van der Waals surface area contributed by atoms with Crippen molar-refractivity contribution in [1.29, 1.82) is 0 Å². The Kier molecular flexibility index (Phi) is 3.70. The van der Waals surface area contributed by atoms with Crippen LogP contribution in [-0.2, 0) is 17.8 Å². The Morgan fingerprint density at radius 3 is 3.12 bits per heavy atom. The van der Waals surface area contributed by atoms with Crippen LogP contribution in [0.3, 0.4) is 0 Å². The second-order valence-electron chi connectivity index (χ2n) is 4.51. The third-order valence-corrected chi connectivity index (χ3v) is 3.24. The lowest BCUT2D eigenvalue weighted by atomic mass is 9.85. The van der Waals surface area contributed by atoms with Crippen LogP contribution in [0.25, 0.3) is 0 Å². The van der Waals surface area contributed by atoms with Crippen LogP contribution in [0.5, 0.6) is 0 Å². The van der Waals surface area contributed by atoms with E-state index in [1.807, 2.05) is 4.68 Å². The lowest BCUT2D eigenvalue weighted by Crippen LogP contribution is -2.23. The van der Waals surface area contributed by atoms with Gasteiger partial charge in [-0.2, -0.15) is 5.10 Å². The zero-order valence-corrected chi connectivity index (χ0v) is 9.85. The smallest absolute Gasteiger partial charge is 0.138 e. The summed E-state index contributed by atoms with van der Waals surface area (Å²) >= 11 is 0. The number of rotatable bonds is 4. The molecule has 1 aromatic rings. The molecule has 0 aliphatic heterocycles. The molecule has 1 aliphatic rings. The van der Waals surface area contributed by atoms with E-state index in [0.29, 0.717) is 5.78 Å². The van der Waals surface area contributed by atoms with Gasteiger partial charge in [-0.25, -0.2) is 4.98 Å². The van der Waals surface area contributed by atoms with Crippen molar-refractivity contribution in [2.45, 2.75) is 52.0 Å². The molecule has 1 atom stereocenters. The largest absolute Gasteiger partial charge is 0.299 e. The van der Waals surface area contributed by atoms with Gasteiger partial charge < -0.3 is 0 Å². The molecule has 1 unspecified atom stereocenters. The van der Waals surface area contributed by atoms with E-state index in [4.69, 9.17) is 0 Å². The predicted molar refractivity (Wildman–Crippen MR) is 61.0 cm³/mol. The minimum Gasteiger partial charge on any atom is -0.299 e. The first-order chi connectivity index (χ1) is 7.81. The van der Waals surface area contributed by atoms with Crippen molar-refractivity contribution in [3.63, 3.8) is 0 Å². The summed E-state index contributed by atoms with van der Waals surface area (Å²) in [5.74, 6) is 1.58. The minimum atomic E-state index is 0.188. The van der Waals surface area contributed by atoms with E-state index in [1.165, 1.54) is 6.42 Å². The maximum Gasteiger partial charge on any atom is 0.138 e. The number of Topliss-reactive ketones (excluding diaryl/α,β-unsaturated/α-hetero) is 1. The van der Waals surface area contributed by atoms with Gasteiger partial charge in [0, 0.05) is 25.3 Å². The van der Waals surface area contributed by atoms with E-state index >= 15 is 0 Å². The molecule has 0 N–H and O–H groups in total. The fraction of sp³-hybridized carbons (Fsp3) is 0.750. The van der Waals surface area contributed by atoms with E-state index in [-0.39, 0.29) is 5.92 Å². The number of aromatic nitrogens is 3. The van der Waals surface area contributed by atoms with Crippen molar-refractivity contribution >= 4 is 5.78 Å². The monoisotopic (exact) mass is 221 g/mol. The van der Waals surface area contributed by atoms with Crippen LogP contribution < -0.4 is 0 Å². The van der Waals surface area contributed by atoms with Crippen LogP contribution >= 0.6 is 0 Å². The zero-order valence-electron chi connectivity index (χ0n) is 9.85. The molecule has 0 spiro atoms. The first-order valence-corrected chi connectivity index (χ1v) is 6.20. The van der Waals surface area contributed by atoms with Gasteiger partial charge in [0.05, 0.1) is 0 Å². The van der Waals surface area contributed by atoms with Gasteiger partial charge in [0.1, 0.15) is 17.9 Å². The van der Waals surface area contributed by atoms with E-state index < -0.39 is 0 Å². The van der Waals surface area contributed by atoms with E-state index in [2.05, 4.69) is 17.0 Å². The molecule has 0 aromatic carbocycles. The highest BCUT2D eigenvalue weighted by Gasteiger charge is 2.24. The third kappa shape index (κ3) is 2.49. The topological polar surface area (TPSA) is 47.8 Å². The number of hydrogen-bond donors (Lipinski definition) is 0. The summed E-state index contributed by atoms with van der Waals surface area (Å²) in [6.45, 7) is 3.02. The number of aryl methyl sites for hydroxylation is 1. The summed E-state index contributed by atoms with van der Waals surface area (Å²) < 4.78 is 1.93. The minimum absolute atomic E-state index is 0.188. The number of nitrogens with zero attached hydrogens (tertiary/aromatic N) is 3. The van der Waals surface area contributed by atoms with Crippen LogP contribution in [-0.4, -0.2) is 20.5 Å². The molecule has 1 fully saturated rings. The zero-order chi connectivity index (χ0) is 11.4. The second-order valence-corrected chi connectivity index (χ2v) is 4.51. The Bertz CT molecular complexity index is 359. The van der Waals surface area contributed by atoms with Gasteiger partial charge in [0.2, 0.25) is 0 Å². The average Bonchev–Trinajstić information content (AvgIpc) is 2.70. The first kappa shape index (κ1) is 11.3. The lowest BCUT2D eigenvalue weighted by molar-refractivity contribution is -0.124. The summed E-state index contributed by atoms with van der Waals surface area (Å²) in [7, 11) is 0. The SMILES string of the molecule is CCCn1ncnc1CC1CCCCC1=O. The molecule has 0 radical (unpaired) electrons. The Morgan fingerprint density at radius 1 is 1.50 bits per heavy atom. The molecule has 0 bridgehead atoms. The van der Waals surface area contributed by atoms with Crippen molar-refractivity contribution in [2.24, 2.45) is 5.92 Å².